The topological polar surface area (TPSA) is 59.4 Å². The minimum Gasteiger partial charge on any atom is -0.370 e. The molecule has 1 aromatic heterocycles. The lowest BCUT2D eigenvalue weighted by atomic mass is 10.2. The zero-order valence-electron chi connectivity index (χ0n) is 12.7. The number of para-hydroxylation sites is 1. The van der Waals surface area contributed by atoms with Crippen LogP contribution in [0, 0.1) is 0 Å². The van der Waals surface area contributed by atoms with Gasteiger partial charge in [0, 0.05) is 25.8 Å². The molecular weight excluding hydrogens is 389 g/mol. The second-order valence-electron chi connectivity index (χ2n) is 5.46. The van der Waals surface area contributed by atoms with Crippen LogP contribution in [-0.4, -0.2) is 40.3 Å². The van der Waals surface area contributed by atoms with E-state index < -0.39 is 0 Å². The van der Waals surface area contributed by atoms with Gasteiger partial charge in [0.15, 0.2) is 5.96 Å². The predicted octanol–water partition coefficient (Wildman–Crippen LogP) is 2.44. The molecule has 5 nitrogen and oxygen atoms in total. The van der Waals surface area contributed by atoms with Crippen LogP contribution in [0.5, 0.6) is 0 Å². The maximum atomic E-state index is 5.97. The summed E-state index contributed by atoms with van der Waals surface area (Å²) in [5.41, 5.74) is 8.21. The number of halogens is 1. The van der Waals surface area contributed by atoms with Gasteiger partial charge in [0.2, 0.25) is 0 Å². The molecule has 0 atom stereocenters. The van der Waals surface area contributed by atoms with Crippen LogP contribution in [0.3, 0.4) is 0 Å². The van der Waals surface area contributed by atoms with Crippen molar-refractivity contribution < 1.29 is 0 Å². The third-order valence-electron chi connectivity index (χ3n) is 3.79. The first-order chi connectivity index (χ1) is 10.2. The van der Waals surface area contributed by atoms with Crippen molar-refractivity contribution in [2.24, 2.45) is 10.7 Å². The van der Waals surface area contributed by atoms with Crippen LogP contribution in [0.1, 0.15) is 18.4 Å². The number of rotatable bonds is 5. The fraction of sp³-hybridized carbons (Fsp3) is 0.375. The molecule has 0 aliphatic heterocycles. The molecule has 1 aliphatic rings. The first kappa shape index (κ1) is 16.8. The second kappa shape index (κ2) is 7.62. The monoisotopic (exact) mass is 411 g/mol. The molecule has 1 saturated carbocycles. The van der Waals surface area contributed by atoms with Crippen molar-refractivity contribution in [3.8, 4) is 5.69 Å². The molecule has 1 aromatic carbocycles. The van der Waals surface area contributed by atoms with E-state index in [4.69, 9.17) is 5.73 Å². The van der Waals surface area contributed by atoms with Crippen LogP contribution >= 0.6 is 24.0 Å². The van der Waals surface area contributed by atoms with E-state index in [9.17, 15) is 0 Å². The maximum Gasteiger partial charge on any atom is 0.191 e. The van der Waals surface area contributed by atoms with Gasteiger partial charge in [-0.05, 0) is 37.0 Å². The van der Waals surface area contributed by atoms with Gasteiger partial charge in [-0.3, -0.25) is 4.99 Å². The van der Waals surface area contributed by atoms with Gasteiger partial charge in [0.1, 0.15) is 0 Å². The van der Waals surface area contributed by atoms with Crippen LogP contribution < -0.4 is 5.73 Å². The summed E-state index contributed by atoms with van der Waals surface area (Å²) in [6.45, 7) is 0.698. The van der Waals surface area contributed by atoms with Gasteiger partial charge >= 0.3 is 0 Å². The highest BCUT2D eigenvalue weighted by Crippen LogP contribution is 2.24. The normalized spacial score (nSPS) is 14.5. The number of benzene rings is 1. The second-order valence-corrected chi connectivity index (χ2v) is 5.46. The lowest BCUT2D eigenvalue weighted by Crippen LogP contribution is -2.35. The summed E-state index contributed by atoms with van der Waals surface area (Å²) >= 11 is 0. The van der Waals surface area contributed by atoms with Crippen molar-refractivity contribution in [3.63, 3.8) is 0 Å². The highest BCUT2D eigenvalue weighted by molar-refractivity contribution is 14.0. The average molecular weight is 411 g/mol. The number of hydrogen-bond donors (Lipinski definition) is 1. The molecule has 22 heavy (non-hydrogen) atoms. The molecule has 0 saturated heterocycles. The Kier molecular flexibility index (Phi) is 5.82. The number of nitrogens with two attached hydrogens (primary N) is 1. The van der Waals surface area contributed by atoms with Crippen molar-refractivity contribution in [1.82, 2.24) is 14.7 Å². The Balaban J connectivity index is 0.00000176. The Hall–Kier alpha value is -1.57. The third-order valence-corrected chi connectivity index (χ3v) is 3.79. The highest BCUT2D eigenvalue weighted by Gasteiger charge is 2.27. The van der Waals surface area contributed by atoms with Gasteiger partial charge in [0.05, 0.1) is 11.9 Å². The Bertz CT molecular complexity index is 618. The van der Waals surface area contributed by atoms with Crippen molar-refractivity contribution in [2.75, 3.05) is 13.6 Å². The van der Waals surface area contributed by atoms with E-state index in [1.165, 1.54) is 18.4 Å². The fourth-order valence-electron chi connectivity index (χ4n) is 2.27. The molecule has 1 fully saturated rings. The molecule has 2 N–H and O–H groups in total. The Labute approximate surface area is 148 Å². The molecular formula is C16H22IN5. The number of guanidine groups is 1. The largest absolute Gasteiger partial charge is 0.370 e. The summed E-state index contributed by atoms with van der Waals surface area (Å²) in [5.74, 6) is 0.646. The van der Waals surface area contributed by atoms with Crippen LogP contribution in [0.4, 0.5) is 0 Å². The van der Waals surface area contributed by atoms with E-state index in [0.717, 1.165) is 12.1 Å². The zero-order valence-corrected chi connectivity index (χ0v) is 15.1. The van der Waals surface area contributed by atoms with Crippen LogP contribution in [-0.2, 0) is 6.42 Å². The molecule has 1 heterocycles. The van der Waals surface area contributed by atoms with Gasteiger partial charge in [-0.15, -0.1) is 24.0 Å². The van der Waals surface area contributed by atoms with Gasteiger partial charge < -0.3 is 10.6 Å². The Morgan fingerprint density at radius 1 is 1.36 bits per heavy atom. The Morgan fingerprint density at radius 2 is 2.09 bits per heavy atom. The number of aromatic nitrogens is 2. The molecule has 1 aliphatic carbocycles. The molecule has 6 heteroatoms. The number of aliphatic imine (C=N–C) groups is 1. The lowest BCUT2D eigenvalue weighted by Gasteiger charge is -2.16. The van der Waals surface area contributed by atoms with Gasteiger partial charge in [-0.2, -0.15) is 5.10 Å². The summed E-state index contributed by atoms with van der Waals surface area (Å²) in [7, 11) is 2.02. The summed E-state index contributed by atoms with van der Waals surface area (Å²) in [4.78, 5) is 6.52. The van der Waals surface area contributed by atoms with Crippen molar-refractivity contribution in [3.05, 3.63) is 48.3 Å². The summed E-state index contributed by atoms with van der Waals surface area (Å²) in [6, 6.07) is 10.7. The molecule has 0 unspecified atom stereocenters. The van der Waals surface area contributed by atoms with E-state index in [0.29, 0.717) is 18.5 Å². The smallest absolute Gasteiger partial charge is 0.191 e. The van der Waals surface area contributed by atoms with Crippen LogP contribution in [0.2, 0.25) is 0 Å². The first-order valence-electron chi connectivity index (χ1n) is 7.36. The minimum absolute atomic E-state index is 0. The fourth-order valence-corrected chi connectivity index (χ4v) is 2.27. The van der Waals surface area contributed by atoms with E-state index in [-0.39, 0.29) is 24.0 Å². The van der Waals surface area contributed by atoms with E-state index in [1.54, 1.807) is 0 Å². The van der Waals surface area contributed by atoms with Crippen LogP contribution in [0.15, 0.2) is 47.7 Å². The zero-order chi connectivity index (χ0) is 14.7. The van der Waals surface area contributed by atoms with E-state index in [2.05, 4.69) is 15.0 Å². The standard InChI is InChI=1S/C16H21N5.HI/c1-20(14-7-8-14)16(17)18-10-9-13-11-19-21(12-13)15-5-3-2-4-6-15;/h2-6,11-12,14H,7-10H2,1H3,(H2,17,18);1H. The maximum absolute atomic E-state index is 5.97. The highest BCUT2D eigenvalue weighted by atomic mass is 127. The first-order valence-corrected chi connectivity index (χ1v) is 7.36. The van der Waals surface area contributed by atoms with Gasteiger partial charge in [-0.1, -0.05) is 18.2 Å². The van der Waals surface area contributed by atoms with Crippen molar-refractivity contribution in [2.45, 2.75) is 25.3 Å². The third kappa shape index (κ3) is 4.22. The van der Waals surface area contributed by atoms with Gasteiger partial charge in [0.25, 0.3) is 0 Å². The molecule has 2 aromatic rings. The molecule has 0 bridgehead atoms. The Morgan fingerprint density at radius 3 is 2.77 bits per heavy atom. The van der Waals surface area contributed by atoms with Gasteiger partial charge in [-0.25, -0.2) is 4.68 Å². The van der Waals surface area contributed by atoms with E-state index >= 15 is 0 Å². The van der Waals surface area contributed by atoms with Crippen LogP contribution in [0.25, 0.3) is 5.69 Å². The predicted molar refractivity (Wildman–Crippen MR) is 100.0 cm³/mol. The number of nitrogens with zero attached hydrogens (tertiary/aromatic N) is 4. The molecule has 3 rings (SSSR count). The number of hydrogen-bond acceptors (Lipinski definition) is 2. The summed E-state index contributed by atoms with van der Waals surface area (Å²) < 4.78 is 1.89. The summed E-state index contributed by atoms with van der Waals surface area (Å²) in [6.07, 6.45) is 7.26. The lowest BCUT2D eigenvalue weighted by molar-refractivity contribution is 0.487. The molecule has 0 radical (unpaired) electrons. The quantitative estimate of drug-likeness (QED) is 0.467. The molecule has 0 spiro atoms. The van der Waals surface area contributed by atoms with Crippen molar-refractivity contribution in [1.29, 1.82) is 0 Å². The van der Waals surface area contributed by atoms with E-state index in [1.807, 2.05) is 54.5 Å². The molecule has 118 valence electrons. The SMILES string of the molecule is CN(C(N)=NCCc1cnn(-c2ccccc2)c1)C1CC1.I. The summed E-state index contributed by atoms with van der Waals surface area (Å²) in [5, 5.41) is 4.38. The minimum atomic E-state index is 0. The van der Waals surface area contributed by atoms with Crippen molar-refractivity contribution >= 4 is 29.9 Å². The molecule has 0 amide bonds. The average Bonchev–Trinajstić information content (AvgIpc) is 3.26.